The van der Waals surface area contributed by atoms with Crippen LogP contribution in [-0.2, 0) is 0 Å². The van der Waals surface area contributed by atoms with Crippen LogP contribution in [0.4, 0.5) is 8.78 Å². The Morgan fingerprint density at radius 1 is 1.31 bits per heavy atom. The quantitative estimate of drug-likeness (QED) is 0.856. The van der Waals surface area contributed by atoms with E-state index in [1.807, 2.05) is 0 Å². The number of benzene rings is 1. The van der Waals surface area contributed by atoms with Crippen molar-refractivity contribution in [3.63, 3.8) is 0 Å². The highest BCUT2D eigenvalue weighted by Gasteiger charge is 2.30. The van der Waals surface area contributed by atoms with E-state index in [1.165, 1.54) is 6.07 Å². The Bertz CT molecular complexity index is 422. The largest absolute Gasteiger partial charge is 0.312 e. The summed E-state index contributed by atoms with van der Waals surface area (Å²) in [7, 11) is 1.69. The van der Waals surface area contributed by atoms with Crippen molar-refractivity contribution in [1.82, 2.24) is 5.32 Å². The Labute approximate surface area is 93.9 Å². The molecule has 0 aliphatic heterocycles. The second kappa shape index (κ2) is 4.58. The van der Waals surface area contributed by atoms with E-state index in [0.717, 1.165) is 12.1 Å². The molecule has 16 heavy (non-hydrogen) atoms. The third-order valence-corrected chi connectivity index (χ3v) is 2.58. The first-order valence-electron chi connectivity index (χ1n) is 4.96. The maximum absolute atomic E-state index is 13.1. The highest BCUT2D eigenvalue weighted by atomic mass is 19.2. The highest BCUT2D eigenvalue weighted by molar-refractivity contribution is 5.25. The van der Waals surface area contributed by atoms with Crippen molar-refractivity contribution < 1.29 is 8.78 Å². The van der Waals surface area contributed by atoms with Crippen LogP contribution < -0.4 is 5.32 Å². The number of rotatable bonds is 3. The summed E-state index contributed by atoms with van der Waals surface area (Å²) in [4.78, 5) is 0. The SMILES string of the molecule is CNC(c1ccc(F)c(F)c1)C(C)(C)C#N. The molecular weight excluding hydrogens is 210 g/mol. The predicted molar refractivity (Wildman–Crippen MR) is 57.6 cm³/mol. The molecule has 4 heteroatoms. The molecule has 0 aliphatic rings. The molecule has 1 aromatic rings. The van der Waals surface area contributed by atoms with Crippen molar-refractivity contribution in [2.24, 2.45) is 5.41 Å². The van der Waals surface area contributed by atoms with Gasteiger partial charge in [0.2, 0.25) is 0 Å². The fourth-order valence-corrected chi connectivity index (χ4v) is 1.70. The number of nitriles is 1. The summed E-state index contributed by atoms with van der Waals surface area (Å²) in [5.41, 5.74) is -0.133. The minimum absolute atomic E-state index is 0.340. The summed E-state index contributed by atoms with van der Waals surface area (Å²) in [6.07, 6.45) is 0. The van der Waals surface area contributed by atoms with Crippen LogP contribution in [0.15, 0.2) is 18.2 Å². The van der Waals surface area contributed by atoms with E-state index in [1.54, 1.807) is 20.9 Å². The van der Waals surface area contributed by atoms with E-state index in [2.05, 4.69) is 11.4 Å². The normalized spacial score (nSPS) is 13.2. The average Bonchev–Trinajstić information content (AvgIpc) is 2.24. The van der Waals surface area contributed by atoms with Crippen molar-refractivity contribution in [3.05, 3.63) is 35.4 Å². The zero-order valence-electron chi connectivity index (χ0n) is 9.51. The van der Waals surface area contributed by atoms with Gasteiger partial charge in [-0.1, -0.05) is 6.07 Å². The molecule has 0 amide bonds. The predicted octanol–water partition coefficient (Wildman–Crippen LogP) is 2.78. The first-order valence-corrected chi connectivity index (χ1v) is 4.96. The van der Waals surface area contributed by atoms with Gasteiger partial charge in [-0.25, -0.2) is 8.78 Å². The maximum atomic E-state index is 13.1. The molecule has 0 fully saturated rings. The van der Waals surface area contributed by atoms with Crippen molar-refractivity contribution in [2.45, 2.75) is 19.9 Å². The topological polar surface area (TPSA) is 35.8 Å². The molecule has 1 atom stereocenters. The summed E-state index contributed by atoms with van der Waals surface area (Å²) >= 11 is 0. The van der Waals surface area contributed by atoms with Gasteiger partial charge in [0, 0.05) is 0 Å². The molecule has 0 aliphatic carbocycles. The summed E-state index contributed by atoms with van der Waals surface area (Å²) in [6.45, 7) is 3.49. The number of hydrogen-bond acceptors (Lipinski definition) is 2. The Balaban J connectivity index is 3.15. The van der Waals surface area contributed by atoms with Crippen molar-refractivity contribution in [2.75, 3.05) is 7.05 Å². The van der Waals surface area contributed by atoms with Crippen LogP contribution in [-0.4, -0.2) is 7.05 Å². The van der Waals surface area contributed by atoms with Crippen LogP contribution in [0.2, 0.25) is 0 Å². The lowest BCUT2D eigenvalue weighted by molar-refractivity contribution is 0.342. The fourth-order valence-electron chi connectivity index (χ4n) is 1.70. The standard InChI is InChI=1S/C12H14F2N2/c1-12(2,7-15)11(16-3)8-4-5-9(13)10(14)6-8/h4-6,11,16H,1-3H3. The van der Waals surface area contributed by atoms with Crippen LogP contribution in [0.3, 0.4) is 0 Å². The number of nitrogens with one attached hydrogen (secondary N) is 1. The summed E-state index contributed by atoms with van der Waals surface area (Å²) < 4.78 is 25.9. The smallest absolute Gasteiger partial charge is 0.159 e. The van der Waals surface area contributed by atoms with E-state index < -0.39 is 17.0 Å². The van der Waals surface area contributed by atoms with E-state index in [9.17, 15) is 8.78 Å². The van der Waals surface area contributed by atoms with Gasteiger partial charge in [0.25, 0.3) is 0 Å². The minimum atomic E-state index is -0.897. The molecule has 0 saturated carbocycles. The van der Waals surface area contributed by atoms with Gasteiger partial charge in [-0.3, -0.25) is 0 Å². The molecule has 1 unspecified atom stereocenters. The summed E-state index contributed by atoms with van der Waals surface area (Å²) in [5, 5.41) is 12.0. The van der Waals surface area contributed by atoms with Crippen LogP contribution in [0.25, 0.3) is 0 Å². The van der Waals surface area contributed by atoms with Gasteiger partial charge >= 0.3 is 0 Å². The molecule has 1 rings (SSSR count). The molecule has 1 aromatic carbocycles. The van der Waals surface area contributed by atoms with Gasteiger partial charge in [-0.2, -0.15) is 5.26 Å². The van der Waals surface area contributed by atoms with Crippen molar-refractivity contribution in [3.8, 4) is 6.07 Å². The van der Waals surface area contributed by atoms with E-state index in [4.69, 9.17) is 5.26 Å². The van der Waals surface area contributed by atoms with Gasteiger partial charge in [-0.15, -0.1) is 0 Å². The maximum Gasteiger partial charge on any atom is 0.159 e. The Morgan fingerprint density at radius 2 is 1.94 bits per heavy atom. The monoisotopic (exact) mass is 224 g/mol. The lowest BCUT2D eigenvalue weighted by atomic mass is 9.82. The molecule has 0 bridgehead atoms. The Morgan fingerprint density at radius 3 is 2.38 bits per heavy atom. The van der Waals surface area contributed by atoms with Crippen molar-refractivity contribution >= 4 is 0 Å². The second-order valence-electron chi connectivity index (χ2n) is 4.23. The van der Waals surface area contributed by atoms with Crippen LogP contribution in [0.1, 0.15) is 25.5 Å². The third kappa shape index (κ3) is 2.37. The van der Waals surface area contributed by atoms with Gasteiger partial charge < -0.3 is 5.32 Å². The van der Waals surface area contributed by atoms with Gasteiger partial charge in [0.05, 0.1) is 17.5 Å². The molecule has 0 aromatic heterocycles. The zero-order valence-corrected chi connectivity index (χ0v) is 9.51. The van der Waals surface area contributed by atoms with Gasteiger partial charge in [0.1, 0.15) is 0 Å². The molecule has 0 saturated heterocycles. The van der Waals surface area contributed by atoms with Crippen LogP contribution in [0, 0.1) is 28.4 Å². The summed E-state index contributed by atoms with van der Waals surface area (Å²) in [5.74, 6) is -1.78. The average molecular weight is 224 g/mol. The van der Waals surface area contributed by atoms with Crippen LogP contribution >= 0.6 is 0 Å². The lowest BCUT2D eigenvalue weighted by Gasteiger charge is -2.28. The molecule has 2 nitrogen and oxygen atoms in total. The number of halogens is 2. The summed E-state index contributed by atoms with van der Waals surface area (Å²) in [6, 6.07) is 5.48. The van der Waals surface area contributed by atoms with Crippen LogP contribution in [0.5, 0.6) is 0 Å². The number of nitrogens with zero attached hydrogens (tertiary/aromatic N) is 1. The molecule has 0 heterocycles. The zero-order chi connectivity index (χ0) is 12.3. The number of hydrogen-bond donors (Lipinski definition) is 1. The molecular formula is C12H14F2N2. The Kier molecular flexibility index (Phi) is 3.61. The minimum Gasteiger partial charge on any atom is -0.312 e. The Hall–Kier alpha value is -1.47. The van der Waals surface area contributed by atoms with E-state index >= 15 is 0 Å². The second-order valence-corrected chi connectivity index (χ2v) is 4.23. The molecule has 1 N–H and O–H groups in total. The first-order chi connectivity index (χ1) is 7.42. The fraction of sp³-hybridized carbons (Fsp3) is 0.417. The molecule has 86 valence electrons. The van der Waals surface area contributed by atoms with E-state index in [0.29, 0.717) is 5.56 Å². The first kappa shape index (κ1) is 12.6. The van der Waals surface area contributed by atoms with Gasteiger partial charge in [-0.05, 0) is 38.6 Å². The third-order valence-electron chi connectivity index (χ3n) is 2.58. The van der Waals surface area contributed by atoms with Gasteiger partial charge in [0.15, 0.2) is 11.6 Å². The van der Waals surface area contributed by atoms with Crippen molar-refractivity contribution in [1.29, 1.82) is 5.26 Å². The van der Waals surface area contributed by atoms with E-state index in [-0.39, 0.29) is 6.04 Å². The molecule has 0 spiro atoms. The molecule has 0 radical (unpaired) electrons. The lowest BCUT2D eigenvalue weighted by Crippen LogP contribution is -2.31. The highest BCUT2D eigenvalue weighted by Crippen LogP contribution is 2.32.